The number of rotatable bonds is 8. The molecule has 0 spiro atoms. The van der Waals surface area contributed by atoms with E-state index in [-0.39, 0.29) is 23.6 Å². The highest BCUT2D eigenvalue weighted by atomic mass is 35.5. The molecule has 0 aliphatic heterocycles. The quantitative estimate of drug-likeness (QED) is 0.252. The second-order valence-electron chi connectivity index (χ2n) is 9.27. The van der Waals surface area contributed by atoms with E-state index >= 15 is 0 Å². The van der Waals surface area contributed by atoms with Gasteiger partial charge in [-0.05, 0) is 67.3 Å². The van der Waals surface area contributed by atoms with Crippen molar-refractivity contribution in [3.05, 3.63) is 107 Å². The van der Waals surface area contributed by atoms with Crippen LogP contribution in [0.1, 0.15) is 54.2 Å². The van der Waals surface area contributed by atoms with Gasteiger partial charge in [0.1, 0.15) is 0 Å². The van der Waals surface area contributed by atoms with Crippen molar-refractivity contribution in [2.45, 2.75) is 45.2 Å². The average Bonchev–Trinajstić information content (AvgIpc) is 3.66. The SMILES string of the molecule is CC(C)c1nn(-c2ccccc2)c(Oc2ccccc2F)c1CN(C(=O)c1ccc(Cl)cc1)C1CC1. The van der Waals surface area contributed by atoms with Crippen LogP contribution in [0.3, 0.4) is 0 Å². The number of amides is 1. The molecule has 0 saturated heterocycles. The predicted octanol–water partition coefficient (Wildman–Crippen LogP) is 7.39. The fourth-order valence-corrected chi connectivity index (χ4v) is 4.35. The third kappa shape index (κ3) is 5.00. The topological polar surface area (TPSA) is 47.4 Å². The van der Waals surface area contributed by atoms with Crippen LogP contribution in [0.2, 0.25) is 5.02 Å². The smallest absolute Gasteiger partial charge is 0.254 e. The van der Waals surface area contributed by atoms with Crippen molar-refractivity contribution >= 4 is 17.5 Å². The predicted molar refractivity (Wildman–Crippen MR) is 138 cm³/mol. The average molecular weight is 504 g/mol. The Bertz CT molecular complexity index is 1370. The van der Waals surface area contributed by atoms with Gasteiger partial charge in [0, 0.05) is 16.6 Å². The third-order valence-electron chi connectivity index (χ3n) is 6.23. The van der Waals surface area contributed by atoms with Gasteiger partial charge in [-0.25, -0.2) is 9.07 Å². The van der Waals surface area contributed by atoms with E-state index in [9.17, 15) is 9.18 Å². The molecule has 0 radical (unpaired) electrons. The molecule has 0 unspecified atom stereocenters. The van der Waals surface area contributed by atoms with E-state index in [0.717, 1.165) is 29.8 Å². The highest BCUT2D eigenvalue weighted by Gasteiger charge is 2.36. The van der Waals surface area contributed by atoms with E-state index in [1.807, 2.05) is 35.2 Å². The van der Waals surface area contributed by atoms with Crippen LogP contribution >= 0.6 is 11.6 Å². The molecule has 1 aromatic heterocycles. The van der Waals surface area contributed by atoms with Gasteiger partial charge in [0.05, 0.1) is 23.5 Å². The number of aromatic nitrogens is 2. The van der Waals surface area contributed by atoms with Gasteiger partial charge in [0.25, 0.3) is 5.91 Å². The molecule has 3 aromatic carbocycles. The van der Waals surface area contributed by atoms with Crippen LogP contribution in [0.4, 0.5) is 4.39 Å². The second-order valence-corrected chi connectivity index (χ2v) is 9.71. The first-order valence-corrected chi connectivity index (χ1v) is 12.5. The summed E-state index contributed by atoms with van der Waals surface area (Å²) in [5.74, 6) is 0.0251. The fraction of sp³-hybridized carbons (Fsp3) is 0.241. The number of carbonyl (C=O) groups is 1. The molecule has 7 heteroatoms. The maximum Gasteiger partial charge on any atom is 0.254 e. The Labute approximate surface area is 215 Å². The lowest BCUT2D eigenvalue weighted by atomic mass is 10.0. The molecule has 1 saturated carbocycles. The van der Waals surface area contributed by atoms with Crippen molar-refractivity contribution in [1.82, 2.24) is 14.7 Å². The molecular weight excluding hydrogens is 477 g/mol. The van der Waals surface area contributed by atoms with Gasteiger partial charge < -0.3 is 9.64 Å². The summed E-state index contributed by atoms with van der Waals surface area (Å²) in [6, 6.07) is 23.0. The Morgan fingerprint density at radius 1 is 1.06 bits per heavy atom. The van der Waals surface area contributed by atoms with Gasteiger partial charge in [-0.3, -0.25) is 4.79 Å². The monoisotopic (exact) mass is 503 g/mol. The molecule has 4 aromatic rings. The van der Waals surface area contributed by atoms with Crippen LogP contribution in [0.15, 0.2) is 78.9 Å². The van der Waals surface area contributed by atoms with Crippen LogP contribution in [-0.2, 0) is 6.54 Å². The van der Waals surface area contributed by atoms with E-state index in [1.54, 1.807) is 47.1 Å². The fourth-order valence-electron chi connectivity index (χ4n) is 4.23. The number of para-hydroxylation sites is 2. The Morgan fingerprint density at radius 2 is 1.72 bits per heavy atom. The molecule has 184 valence electrons. The summed E-state index contributed by atoms with van der Waals surface area (Å²) in [4.78, 5) is 15.4. The highest BCUT2D eigenvalue weighted by Crippen LogP contribution is 2.38. The molecule has 0 N–H and O–H groups in total. The van der Waals surface area contributed by atoms with Crippen LogP contribution in [0.5, 0.6) is 11.6 Å². The maximum atomic E-state index is 14.7. The summed E-state index contributed by atoms with van der Waals surface area (Å²) >= 11 is 6.04. The Balaban J connectivity index is 1.61. The van der Waals surface area contributed by atoms with E-state index < -0.39 is 5.82 Å². The molecule has 5 rings (SSSR count). The van der Waals surface area contributed by atoms with Gasteiger partial charge in [0.2, 0.25) is 5.88 Å². The summed E-state index contributed by atoms with van der Waals surface area (Å²) < 4.78 is 22.6. The first-order chi connectivity index (χ1) is 17.4. The Morgan fingerprint density at radius 3 is 2.36 bits per heavy atom. The van der Waals surface area contributed by atoms with Gasteiger partial charge >= 0.3 is 0 Å². The number of hydrogen-bond acceptors (Lipinski definition) is 3. The minimum atomic E-state index is -0.466. The first-order valence-electron chi connectivity index (χ1n) is 12.1. The molecule has 1 amide bonds. The van der Waals surface area contributed by atoms with Crippen LogP contribution in [0, 0.1) is 5.82 Å². The molecule has 5 nitrogen and oxygen atoms in total. The molecule has 1 aliphatic carbocycles. The van der Waals surface area contributed by atoms with Gasteiger partial charge in [-0.1, -0.05) is 55.8 Å². The highest BCUT2D eigenvalue weighted by molar-refractivity contribution is 6.30. The largest absolute Gasteiger partial charge is 0.435 e. The van der Waals surface area contributed by atoms with Crippen molar-refractivity contribution in [3.63, 3.8) is 0 Å². The minimum absolute atomic E-state index is 0.0552. The van der Waals surface area contributed by atoms with E-state index in [1.165, 1.54) is 6.07 Å². The summed E-state index contributed by atoms with van der Waals surface area (Å²) in [6.45, 7) is 4.41. The summed E-state index contributed by atoms with van der Waals surface area (Å²) in [5.41, 5.74) is 2.94. The minimum Gasteiger partial charge on any atom is -0.435 e. The van der Waals surface area contributed by atoms with Crippen molar-refractivity contribution in [3.8, 4) is 17.3 Å². The van der Waals surface area contributed by atoms with Crippen molar-refractivity contribution in [1.29, 1.82) is 0 Å². The lowest BCUT2D eigenvalue weighted by molar-refractivity contribution is 0.0728. The molecular formula is C29H27ClFN3O2. The number of nitrogens with zero attached hydrogens (tertiary/aromatic N) is 3. The summed E-state index contributed by atoms with van der Waals surface area (Å²) in [5, 5.41) is 5.48. The zero-order valence-corrected chi connectivity index (χ0v) is 21.0. The van der Waals surface area contributed by atoms with Gasteiger partial charge in [0.15, 0.2) is 11.6 Å². The number of carbonyl (C=O) groups excluding carboxylic acids is 1. The lowest BCUT2D eigenvalue weighted by Gasteiger charge is -2.24. The first kappa shape index (κ1) is 24.1. The van der Waals surface area contributed by atoms with Gasteiger partial charge in [-0.15, -0.1) is 0 Å². The molecule has 36 heavy (non-hydrogen) atoms. The van der Waals surface area contributed by atoms with Crippen molar-refractivity contribution < 1.29 is 13.9 Å². The zero-order valence-electron chi connectivity index (χ0n) is 20.2. The van der Waals surface area contributed by atoms with Crippen LogP contribution in [0.25, 0.3) is 5.69 Å². The van der Waals surface area contributed by atoms with Crippen molar-refractivity contribution in [2.24, 2.45) is 0 Å². The summed E-state index contributed by atoms with van der Waals surface area (Å²) in [7, 11) is 0. The molecule has 1 fully saturated rings. The van der Waals surface area contributed by atoms with E-state index in [4.69, 9.17) is 21.4 Å². The van der Waals surface area contributed by atoms with Crippen molar-refractivity contribution in [2.75, 3.05) is 0 Å². The van der Waals surface area contributed by atoms with Crippen LogP contribution in [-0.4, -0.2) is 26.6 Å². The number of hydrogen-bond donors (Lipinski definition) is 0. The molecule has 0 atom stereocenters. The number of ether oxygens (including phenoxy) is 1. The van der Waals surface area contributed by atoms with E-state index in [0.29, 0.717) is 23.0 Å². The summed E-state index contributed by atoms with van der Waals surface area (Å²) in [6.07, 6.45) is 1.87. The Kier molecular flexibility index (Phi) is 6.79. The lowest BCUT2D eigenvalue weighted by Crippen LogP contribution is -2.33. The zero-order chi connectivity index (χ0) is 25.2. The van der Waals surface area contributed by atoms with E-state index in [2.05, 4.69) is 13.8 Å². The standard InChI is InChI=1S/C29H27ClFN3O2/c1-19(2)27-24(18-33(22-16-17-22)28(35)20-12-14-21(30)15-13-20)29(36-26-11-7-6-10-25(26)31)34(32-27)23-8-4-3-5-9-23/h3-15,19,22H,16-18H2,1-2H3. The second kappa shape index (κ2) is 10.2. The third-order valence-corrected chi connectivity index (χ3v) is 6.48. The maximum absolute atomic E-state index is 14.7. The molecule has 1 heterocycles. The van der Waals surface area contributed by atoms with Gasteiger partial charge in [-0.2, -0.15) is 5.10 Å². The number of halogens is 2. The normalized spacial score (nSPS) is 13.1. The molecule has 0 bridgehead atoms. The van der Waals surface area contributed by atoms with Crippen LogP contribution < -0.4 is 4.74 Å². The number of benzene rings is 3. The molecule has 1 aliphatic rings. The Hall–Kier alpha value is -3.64.